The highest BCUT2D eigenvalue weighted by atomic mass is 16.4. The van der Waals surface area contributed by atoms with E-state index < -0.39 is 5.97 Å². The highest BCUT2D eigenvalue weighted by Gasteiger charge is 2.16. The molecule has 1 unspecified atom stereocenters. The molecule has 0 heterocycles. The second kappa shape index (κ2) is 7.17. The van der Waals surface area contributed by atoms with Gasteiger partial charge in [-0.25, -0.2) is 0 Å². The van der Waals surface area contributed by atoms with Crippen molar-refractivity contribution in [2.75, 3.05) is 18.0 Å². The molecule has 0 saturated carbocycles. The first-order valence-corrected chi connectivity index (χ1v) is 6.94. The summed E-state index contributed by atoms with van der Waals surface area (Å²) in [4.78, 5) is 13.2. The van der Waals surface area contributed by atoms with E-state index in [1.165, 1.54) is 5.56 Å². The molecule has 3 nitrogen and oxygen atoms in total. The fourth-order valence-corrected chi connectivity index (χ4v) is 1.90. The van der Waals surface area contributed by atoms with Crippen LogP contribution in [0.25, 0.3) is 0 Å². The molecule has 0 fully saturated rings. The molecule has 1 aromatic carbocycles. The van der Waals surface area contributed by atoms with Gasteiger partial charge in [-0.05, 0) is 31.4 Å². The van der Waals surface area contributed by atoms with Crippen LogP contribution in [0.1, 0.15) is 32.8 Å². The Kier molecular flexibility index (Phi) is 5.87. The lowest BCUT2D eigenvalue weighted by Crippen LogP contribution is -2.33. The maximum Gasteiger partial charge on any atom is 0.308 e. The molecule has 0 aliphatic heterocycles. The summed E-state index contributed by atoms with van der Waals surface area (Å²) in [5.41, 5.74) is 2.33. The smallest absolute Gasteiger partial charge is 0.308 e. The number of rotatable bonds is 7. The van der Waals surface area contributed by atoms with Crippen LogP contribution in [0.2, 0.25) is 0 Å². The van der Waals surface area contributed by atoms with Gasteiger partial charge in [0, 0.05) is 18.8 Å². The Balaban J connectivity index is 2.78. The second-order valence-electron chi connectivity index (χ2n) is 5.70. The number of nitrogens with zero attached hydrogens (tertiary/aromatic N) is 1. The number of benzene rings is 1. The molecule has 1 rings (SSSR count). The average Bonchev–Trinajstić information content (AvgIpc) is 2.35. The summed E-state index contributed by atoms with van der Waals surface area (Å²) in [5, 5.41) is 9.07. The predicted molar refractivity (Wildman–Crippen MR) is 79.6 cm³/mol. The van der Waals surface area contributed by atoms with Crippen LogP contribution in [0, 0.1) is 18.8 Å². The zero-order chi connectivity index (χ0) is 14.4. The van der Waals surface area contributed by atoms with E-state index in [0.717, 1.165) is 18.7 Å². The lowest BCUT2D eigenvalue weighted by molar-refractivity contribution is -0.140. The fourth-order valence-electron chi connectivity index (χ4n) is 1.90. The average molecular weight is 263 g/mol. The Morgan fingerprint density at radius 3 is 2.26 bits per heavy atom. The van der Waals surface area contributed by atoms with Gasteiger partial charge in [0.25, 0.3) is 0 Å². The highest BCUT2D eigenvalue weighted by molar-refractivity contribution is 5.70. The molecule has 0 aromatic heterocycles. The number of hydrogen-bond acceptors (Lipinski definition) is 2. The predicted octanol–water partition coefficient (Wildman–Crippen LogP) is 3.57. The van der Waals surface area contributed by atoms with Gasteiger partial charge in [0.05, 0.1) is 5.92 Å². The Morgan fingerprint density at radius 1 is 1.21 bits per heavy atom. The Bertz CT molecular complexity index is 398. The molecule has 19 heavy (non-hydrogen) atoms. The van der Waals surface area contributed by atoms with Crippen LogP contribution < -0.4 is 4.90 Å². The first-order valence-electron chi connectivity index (χ1n) is 6.94. The van der Waals surface area contributed by atoms with Gasteiger partial charge in [-0.15, -0.1) is 0 Å². The lowest BCUT2D eigenvalue weighted by atomic mass is 10.1. The minimum atomic E-state index is -0.735. The van der Waals surface area contributed by atoms with E-state index in [1.807, 2.05) is 0 Å². The molecular formula is C16H25NO2. The van der Waals surface area contributed by atoms with Crippen molar-refractivity contribution in [1.29, 1.82) is 0 Å². The van der Waals surface area contributed by atoms with Crippen LogP contribution in [-0.2, 0) is 4.79 Å². The number of carbonyl (C=O) groups is 1. The van der Waals surface area contributed by atoms with Crippen LogP contribution in [0.4, 0.5) is 5.69 Å². The van der Waals surface area contributed by atoms with Crippen molar-refractivity contribution in [1.82, 2.24) is 0 Å². The van der Waals surface area contributed by atoms with Crippen molar-refractivity contribution in [2.24, 2.45) is 11.8 Å². The molecule has 1 N–H and O–H groups in total. The number of hydrogen-bond donors (Lipinski definition) is 1. The lowest BCUT2D eigenvalue weighted by Gasteiger charge is -2.27. The SMILES string of the molecule is Cc1ccc(N(CCC(C)C)CC(C)C(=O)O)cc1. The van der Waals surface area contributed by atoms with Gasteiger partial charge in [-0.1, -0.05) is 38.5 Å². The Hall–Kier alpha value is -1.51. The van der Waals surface area contributed by atoms with Gasteiger partial charge in [0.15, 0.2) is 0 Å². The standard InChI is InChI=1S/C16H25NO2/c1-12(2)9-10-17(11-14(4)16(18)19)15-7-5-13(3)6-8-15/h5-8,12,14H,9-11H2,1-4H3,(H,18,19). The van der Waals surface area contributed by atoms with Gasteiger partial charge in [-0.3, -0.25) is 4.79 Å². The molecule has 0 spiro atoms. The van der Waals surface area contributed by atoms with Crippen LogP contribution in [0.3, 0.4) is 0 Å². The minimum absolute atomic E-state index is 0.353. The molecule has 0 saturated heterocycles. The van der Waals surface area contributed by atoms with E-state index >= 15 is 0 Å². The van der Waals surface area contributed by atoms with E-state index in [0.29, 0.717) is 12.5 Å². The zero-order valence-electron chi connectivity index (χ0n) is 12.4. The molecule has 0 radical (unpaired) electrons. The van der Waals surface area contributed by atoms with Crippen molar-refractivity contribution < 1.29 is 9.90 Å². The fraction of sp³-hybridized carbons (Fsp3) is 0.562. The quantitative estimate of drug-likeness (QED) is 0.817. The summed E-state index contributed by atoms with van der Waals surface area (Å²) in [6, 6.07) is 8.29. The second-order valence-corrected chi connectivity index (χ2v) is 5.70. The van der Waals surface area contributed by atoms with Crippen LogP contribution in [0.15, 0.2) is 24.3 Å². The van der Waals surface area contributed by atoms with Gasteiger partial charge < -0.3 is 10.0 Å². The molecule has 106 valence electrons. The van der Waals surface area contributed by atoms with E-state index in [9.17, 15) is 4.79 Å². The van der Waals surface area contributed by atoms with Crippen molar-refractivity contribution in [3.63, 3.8) is 0 Å². The van der Waals surface area contributed by atoms with E-state index in [1.54, 1.807) is 6.92 Å². The molecule has 0 bridgehead atoms. The third-order valence-corrected chi connectivity index (χ3v) is 3.29. The van der Waals surface area contributed by atoms with E-state index in [2.05, 4.69) is 49.9 Å². The summed E-state index contributed by atoms with van der Waals surface area (Å²) >= 11 is 0. The van der Waals surface area contributed by atoms with Gasteiger partial charge in [0.1, 0.15) is 0 Å². The van der Waals surface area contributed by atoms with Crippen molar-refractivity contribution in [2.45, 2.75) is 34.1 Å². The molecule has 3 heteroatoms. The number of aryl methyl sites for hydroxylation is 1. The van der Waals surface area contributed by atoms with Crippen LogP contribution in [-0.4, -0.2) is 24.2 Å². The highest BCUT2D eigenvalue weighted by Crippen LogP contribution is 2.18. The molecule has 0 amide bonds. The first kappa shape index (κ1) is 15.5. The minimum Gasteiger partial charge on any atom is -0.481 e. The number of carboxylic acids is 1. The third-order valence-electron chi connectivity index (χ3n) is 3.29. The molecule has 0 aliphatic carbocycles. The topological polar surface area (TPSA) is 40.5 Å². The Morgan fingerprint density at radius 2 is 1.79 bits per heavy atom. The normalized spacial score (nSPS) is 12.5. The Labute approximate surface area is 116 Å². The summed E-state index contributed by atoms with van der Waals surface area (Å²) in [7, 11) is 0. The van der Waals surface area contributed by atoms with Crippen LogP contribution in [0.5, 0.6) is 0 Å². The molecule has 0 aliphatic rings. The van der Waals surface area contributed by atoms with Gasteiger partial charge in [-0.2, -0.15) is 0 Å². The molecular weight excluding hydrogens is 238 g/mol. The van der Waals surface area contributed by atoms with Crippen molar-refractivity contribution >= 4 is 11.7 Å². The van der Waals surface area contributed by atoms with Gasteiger partial charge in [0.2, 0.25) is 0 Å². The maximum atomic E-state index is 11.0. The number of carboxylic acid groups (broad SMARTS) is 1. The summed E-state index contributed by atoms with van der Waals surface area (Å²) in [5.74, 6) is -0.469. The summed E-state index contributed by atoms with van der Waals surface area (Å²) < 4.78 is 0. The van der Waals surface area contributed by atoms with Crippen molar-refractivity contribution in [3.05, 3.63) is 29.8 Å². The molecule has 1 aromatic rings. The van der Waals surface area contributed by atoms with Crippen molar-refractivity contribution in [3.8, 4) is 0 Å². The first-order chi connectivity index (χ1) is 8.90. The largest absolute Gasteiger partial charge is 0.481 e. The zero-order valence-corrected chi connectivity index (χ0v) is 12.4. The van der Waals surface area contributed by atoms with E-state index in [4.69, 9.17) is 5.11 Å². The summed E-state index contributed by atoms with van der Waals surface area (Å²) in [6.45, 7) is 9.66. The number of anilines is 1. The summed E-state index contributed by atoms with van der Waals surface area (Å²) in [6.07, 6.45) is 1.07. The van der Waals surface area contributed by atoms with E-state index in [-0.39, 0.29) is 5.92 Å². The number of aliphatic carboxylic acids is 1. The van der Waals surface area contributed by atoms with Crippen LogP contribution >= 0.6 is 0 Å². The monoisotopic (exact) mass is 263 g/mol. The third kappa shape index (κ3) is 5.33. The van der Waals surface area contributed by atoms with Gasteiger partial charge >= 0.3 is 5.97 Å². The maximum absolute atomic E-state index is 11.0. The molecule has 1 atom stereocenters.